The van der Waals surface area contributed by atoms with Crippen LogP contribution < -0.4 is 4.90 Å². The Morgan fingerprint density at radius 3 is 1.47 bits per heavy atom. The van der Waals surface area contributed by atoms with E-state index in [0.29, 0.717) is 0 Å². The fraction of sp³-hybridized carbons (Fsp3) is 0. The third-order valence-electron chi connectivity index (χ3n) is 13.3. The number of fused-ring (bicyclic) bond motifs is 9. The van der Waals surface area contributed by atoms with Gasteiger partial charge in [-0.3, -0.25) is 0 Å². The number of hydrogen-bond acceptors (Lipinski definition) is 1. The van der Waals surface area contributed by atoms with E-state index in [1.807, 2.05) is 0 Å². The van der Waals surface area contributed by atoms with Gasteiger partial charge in [0.1, 0.15) is 0 Å². The van der Waals surface area contributed by atoms with Crippen molar-refractivity contribution in [3.05, 3.63) is 243 Å². The van der Waals surface area contributed by atoms with Crippen LogP contribution in [0.5, 0.6) is 0 Å². The second-order valence-corrected chi connectivity index (χ2v) is 16.8. The Bertz CT molecular complexity index is 3740. The molecular weight excluding hydrogens is 773 g/mol. The highest BCUT2D eigenvalue weighted by atomic mass is 15.2. The first kappa shape index (κ1) is 36.2. The van der Waals surface area contributed by atoms with Gasteiger partial charge in [0.25, 0.3) is 0 Å². The molecule has 0 aliphatic heterocycles. The predicted octanol–water partition coefficient (Wildman–Crippen LogP) is 17.2. The summed E-state index contributed by atoms with van der Waals surface area (Å²) < 4.78 is 2.42. The van der Waals surface area contributed by atoms with Crippen LogP contribution >= 0.6 is 0 Å². The topological polar surface area (TPSA) is 8.17 Å². The van der Waals surface area contributed by atoms with E-state index in [9.17, 15) is 0 Å². The first-order valence-electron chi connectivity index (χ1n) is 22.1. The molecule has 1 aliphatic rings. The minimum Gasteiger partial charge on any atom is -0.309 e. The summed E-state index contributed by atoms with van der Waals surface area (Å²) in [6.07, 6.45) is 0. The van der Waals surface area contributed by atoms with Crippen LogP contribution in [0.2, 0.25) is 0 Å². The minimum absolute atomic E-state index is 1.10. The first-order valence-corrected chi connectivity index (χ1v) is 22.1. The van der Waals surface area contributed by atoms with Crippen LogP contribution in [-0.2, 0) is 0 Å². The zero-order chi connectivity index (χ0) is 42.1. The molecule has 12 aromatic rings. The maximum absolute atomic E-state index is 2.58. The Kier molecular flexibility index (Phi) is 8.25. The smallest absolute Gasteiger partial charge is 0.0625 e. The highest BCUT2D eigenvalue weighted by Crippen LogP contribution is 2.64. The van der Waals surface area contributed by atoms with E-state index in [2.05, 4.69) is 252 Å². The Morgan fingerprint density at radius 1 is 0.312 bits per heavy atom. The number of anilines is 3. The summed E-state index contributed by atoms with van der Waals surface area (Å²) in [5.74, 6) is 0. The van der Waals surface area contributed by atoms with Crippen LogP contribution in [0.1, 0.15) is 0 Å². The van der Waals surface area contributed by atoms with Crippen LogP contribution in [-0.4, -0.2) is 4.57 Å². The summed E-state index contributed by atoms with van der Waals surface area (Å²) in [7, 11) is 0. The van der Waals surface area contributed by atoms with Crippen molar-refractivity contribution in [2.24, 2.45) is 0 Å². The highest BCUT2D eigenvalue weighted by molar-refractivity contribution is 6.30. The lowest BCUT2D eigenvalue weighted by Crippen LogP contribution is -2.16. The lowest BCUT2D eigenvalue weighted by Gasteiger charge is -2.38. The van der Waals surface area contributed by atoms with Gasteiger partial charge < -0.3 is 9.47 Å². The zero-order valence-electron chi connectivity index (χ0n) is 35.0. The van der Waals surface area contributed by atoms with Crippen LogP contribution in [0.4, 0.5) is 17.1 Å². The van der Waals surface area contributed by atoms with Gasteiger partial charge >= 0.3 is 0 Å². The Labute approximate surface area is 372 Å². The minimum atomic E-state index is 1.10. The molecule has 11 aromatic carbocycles. The summed E-state index contributed by atoms with van der Waals surface area (Å²) in [4.78, 5) is 2.58. The van der Waals surface area contributed by atoms with Crippen molar-refractivity contribution >= 4 is 60.4 Å². The number of benzene rings is 11. The molecule has 298 valence electrons. The lowest BCUT2D eigenvalue weighted by atomic mass is 9.69. The molecule has 0 fully saturated rings. The van der Waals surface area contributed by atoms with Crippen molar-refractivity contribution in [1.82, 2.24) is 4.57 Å². The molecule has 0 saturated heterocycles. The lowest BCUT2D eigenvalue weighted by molar-refractivity contribution is 1.18. The molecule has 13 rings (SSSR count). The fourth-order valence-corrected chi connectivity index (χ4v) is 10.6. The van der Waals surface area contributed by atoms with E-state index in [1.54, 1.807) is 0 Å². The molecule has 0 unspecified atom stereocenters. The largest absolute Gasteiger partial charge is 0.309 e. The summed E-state index contributed by atoms with van der Waals surface area (Å²) in [6, 6.07) is 88.9. The van der Waals surface area contributed by atoms with Gasteiger partial charge in [0.2, 0.25) is 0 Å². The van der Waals surface area contributed by atoms with E-state index in [1.165, 1.54) is 99.2 Å². The van der Waals surface area contributed by atoms with Crippen LogP contribution in [0.25, 0.3) is 105 Å². The van der Waals surface area contributed by atoms with Crippen molar-refractivity contribution in [1.29, 1.82) is 0 Å². The number of para-hydroxylation sites is 2. The zero-order valence-corrected chi connectivity index (χ0v) is 35.0. The van der Waals surface area contributed by atoms with Crippen molar-refractivity contribution in [3.63, 3.8) is 0 Å². The molecule has 1 aliphatic carbocycles. The van der Waals surface area contributed by atoms with E-state index < -0.39 is 0 Å². The van der Waals surface area contributed by atoms with Gasteiger partial charge in [0, 0.05) is 38.7 Å². The van der Waals surface area contributed by atoms with Crippen LogP contribution in [0.15, 0.2) is 243 Å². The molecule has 0 radical (unpaired) electrons. The monoisotopic (exact) mass is 812 g/mol. The number of nitrogens with zero attached hydrogens (tertiary/aromatic N) is 2. The molecule has 0 atom stereocenters. The number of aromatic nitrogens is 1. The van der Waals surface area contributed by atoms with Crippen LogP contribution in [0, 0.1) is 0 Å². The van der Waals surface area contributed by atoms with Crippen molar-refractivity contribution in [2.45, 2.75) is 0 Å². The average Bonchev–Trinajstić information content (AvgIpc) is 3.71. The summed E-state index contributed by atoms with van der Waals surface area (Å²) in [5, 5.41) is 7.35. The van der Waals surface area contributed by atoms with E-state index in [4.69, 9.17) is 0 Å². The molecule has 0 bridgehead atoms. The summed E-state index contributed by atoms with van der Waals surface area (Å²) in [6.45, 7) is 0. The van der Waals surface area contributed by atoms with Crippen molar-refractivity contribution in [2.75, 3.05) is 4.90 Å². The van der Waals surface area contributed by atoms with E-state index >= 15 is 0 Å². The van der Waals surface area contributed by atoms with E-state index in [-0.39, 0.29) is 0 Å². The summed E-state index contributed by atoms with van der Waals surface area (Å²) >= 11 is 0. The van der Waals surface area contributed by atoms with Gasteiger partial charge in [0.05, 0.1) is 22.4 Å². The third-order valence-corrected chi connectivity index (χ3v) is 13.3. The predicted molar refractivity (Wildman–Crippen MR) is 271 cm³/mol. The number of rotatable bonds is 7. The molecule has 0 saturated carbocycles. The molecule has 0 spiro atoms. The Balaban J connectivity index is 1.19. The molecule has 0 N–H and O–H groups in total. The molecule has 0 amide bonds. The third kappa shape index (κ3) is 5.46. The molecule has 64 heavy (non-hydrogen) atoms. The first-order chi connectivity index (χ1) is 31.8. The average molecular weight is 813 g/mol. The van der Waals surface area contributed by atoms with Gasteiger partial charge in [0.15, 0.2) is 0 Å². The quantitative estimate of drug-likeness (QED) is 0.156. The second kappa shape index (κ2) is 14.6. The fourth-order valence-electron chi connectivity index (χ4n) is 10.6. The van der Waals surface area contributed by atoms with E-state index in [0.717, 1.165) is 22.6 Å². The van der Waals surface area contributed by atoms with Gasteiger partial charge in [-0.2, -0.15) is 0 Å². The molecule has 1 heterocycles. The van der Waals surface area contributed by atoms with Crippen molar-refractivity contribution in [3.8, 4) is 61.3 Å². The van der Waals surface area contributed by atoms with Gasteiger partial charge in [-0.15, -0.1) is 0 Å². The Hall–Kier alpha value is -8.46. The normalized spacial score (nSPS) is 11.8. The molecular formula is C62H40N2. The number of hydrogen-bond donors (Lipinski definition) is 0. The maximum Gasteiger partial charge on any atom is 0.0625 e. The standard InChI is InChI=1S/C62H40N2/c1-5-20-41(21-6-1)42-36-38-47(39-37-42)64(55-35-19-34-54-58(55)51-32-17-18-33-53(51)63(54)46-27-11-4-12-28-46)62-48-29-14-13-26-45(48)40-52-59-56(43-22-7-2-8-23-43)49-30-15-16-31-50(49)57(61(59)60(52)62)44-24-9-3-10-25-44/h1-40H. The second-order valence-electron chi connectivity index (χ2n) is 16.8. The maximum atomic E-state index is 2.58. The van der Waals surface area contributed by atoms with Gasteiger partial charge in [-0.05, 0) is 109 Å². The van der Waals surface area contributed by atoms with Gasteiger partial charge in [-0.1, -0.05) is 194 Å². The van der Waals surface area contributed by atoms with Crippen LogP contribution in [0.3, 0.4) is 0 Å². The Morgan fingerprint density at radius 2 is 0.812 bits per heavy atom. The molecule has 2 nitrogen and oxygen atoms in total. The summed E-state index contributed by atoms with van der Waals surface area (Å²) in [5.41, 5.74) is 19.4. The SMILES string of the molecule is c1ccc(-c2ccc(N(c3c4c(cc5ccccc35)-c3c-4c(-c4ccccc4)c4ccccc4c3-c3ccccc3)c3cccc4c3c3ccccc3n4-c3ccccc3)cc2)cc1. The van der Waals surface area contributed by atoms with Gasteiger partial charge in [-0.25, -0.2) is 0 Å². The molecule has 1 aromatic heterocycles. The molecule has 2 heteroatoms. The van der Waals surface area contributed by atoms with Crippen molar-refractivity contribution < 1.29 is 0 Å². The highest BCUT2D eigenvalue weighted by Gasteiger charge is 2.37.